The molecule has 0 unspecified atom stereocenters. The zero-order valence-electron chi connectivity index (χ0n) is 17.3. The SMILES string of the molecule is O=C(Cn1cnn2c(-c3ccccc3)c3c([N+](=O)[O-])cc([N+](=O)[O-])cc3c12)c1ccc(Br)cc1. The van der Waals surface area contributed by atoms with Crippen molar-refractivity contribution < 1.29 is 14.6 Å². The van der Waals surface area contributed by atoms with Crippen molar-refractivity contribution in [3.05, 3.63) is 103 Å². The van der Waals surface area contributed by atoms with Gasteiger partial charge in [-0.25, -0.2) is 4.52 Å². The van der Waals surface area contributed by atoms with Crippen LogP contribution in [0.15, 0.2) is 77.5 Å². The molecular weight excluding hydrogens is 506 g/mol. The van der Waals surface area contributed by atoms with Crippen LogP contribution in [-0.2, 0) is 6.54 Å². The zero-order valence-corrected chi connectivity index (χ0v) is 18.9. The lowest BCUT2D eigenvalue weighted by Gasteiger charge is -2.04. The summed E-state index contributed by atoms with van der Waals surface area (Å²) in [5, 5.41) is 28.4. The van der Waals surface area contributed by atoms with Crippen LogP contribution in [0.4, 0.5) is 11.4 Å². The molecule has 0 N–H and O–H groups in total. The molecule has 0 spiro atoms. The Balaban J connectivity index is 1.80. The van der Waals surface area contributed by atoms with Crippen LogP contribution in [0.1, 0.15) is 10.4 Å². The number of non-ortho nitro benzene ring substituents is 2. The van der Waals surface area contributed by atoms with E-state index in [0.29, 0.717) is 22.5 Å². The Kier molecular flexibility index (Phi) is 5.17. The summed E-state index contributed by atoms with van der Waals surface area (Å²) in [6.45, 7) is -0.102. The van der Waals surface area contributed by atoms with Gasteiger partial charge in [0.25, 0.3) is 11.4 Å². The van der Waals surface area contributed by atoms with Gasteiger partial charge in [-0.15, -0.1) is 0 Å². The van der Waals surface area contributed by atoms with Gasteiger partial charge in [0.2, 0.25) is 0 Å². The molecule has 11 heteroatoms. The summed E-state index contributed by atoms with van der Waals surface area (Å²) in [5.74, 6) is -0.206. The molecule has 10 nitrogen and oxygen atoms in total. The van der Waals surface area contributed by atoms with Gasteiger partial charge in [-0.1, -0.05) is 58.4 Å². The van der Waals surface area contributed by atoms with Crippen LogP contribution in [0.3, 0.4) is 0 Å². The monoisotopic (exact) mass is 519 g/mol. The van der Waals surface area contributed by atoms with Crippen LogP contribution in [0.5, 0.6) is 0 Å². The number of aromatic nitrogens is 3. The first-order valence-corrected chi connectivity index (χ1v) is 10.8. The van der Waals surface area contributed by atoms with E-state index in [1.54, 1.807) is 53.1 Å². The molecule has 0 amide bonds. The largest absolute Gasteiger partial charge is 0.307 e. The van der Waals surface area contributed by atoms with Crippen LogP contribution in [-0.4, -0.2) is 29.8 Å². The first kappa shape index (κ1) is 21.5. The third-order valence-electron chi connectivity index (χ3n) is 5.51. The van der Waals surface area contributed by atoms with E-state index in [2.05, 4.69) is 21.0 Å². The lowest BCUT2D eigenvalue weighted by Crippen LogP contribution is -2.09. The van der Waals surface area contributed by atoms with Crippen molar-refractivity contribution in [2.24, 2.45) is 0 Å². The highest BCUT2D eigenvalue weighted by Crippen LogP contribution is 2.41. The summed E-state index contributed by atoms with van der Waals surface area (Å²) in [7, 11) is 0. The van der Waals surface area contributed by atoms with Crippen molar-refractivity contribution in [3.8, 4) is 11.3 Å². The minimum Gasteiger partial charge on any atom is -0.307 e. The molecule has 0 aliphatic carbocycles. The molecule has 168 valence electrons. The van der Waals surface area contributed by atoms with Gasteiger partial charge in [-0.3, -0.25) is 25.0 Å². The number of rotatable bonds is 6. The molecule has 0 saturated heterocycles. The number of carbonyl (C=O) groups excluding carboxylic acids is 1. The minimum absolute atomic E-state index is 0.102. The van der Waals surface area contributed by atoms with Gasteiger partial charge in [0.05, 0.1) is 33.5 Å². The first-order valence-electron chi connectivity index (χ1n) is 10.0. The van der Waals surface area contributed by atoms with Gasteiger partial charge < -0.3 is 4.57 Å². The Labute approximate surface area is 199 Å². The molecule has 0 saturated carbocycles. The number of hydrogen-bond acceptors (Lipinski definition) is 6. The van der Waals surface area contributed by atoms with Crippen molar-refractivity contribution in [3.63, 3.8) is 0 Å². The highest BCUT2D eigenvalue weighted by molar-refractivity contribution is 9.10. The van der Waals surface area contributed by atoms with Crippen molar-refractivity contribution in [2.45, 2.75) is 6.54 Å². The maximum atomic E-state index is 12.9. The smallest absolute Gasteiger partial charge is 0.286 e. The molecule has 0 bridgehead atoms. The summed E-state index contributed by atoms with van der Waals surface area (Å²) in [6, 6.07) is 18.0. The second kappa shape index (κ2) is 8.19. The van der Waals surface area contributed by atoms with Gasteiger partial charge in [0, 0.05) is 27.1 Å². The van der Waals surface area contributed by atoms with Crippen LogP contribution >= 0.6 is 15.9 Å². The number of benzene rings is 3. The Morgan fingerprint density at radius 1 is 0.971 bits per heavy atom. The average Bonchev–Trinajstić information content (AvgIpc) is 3.37. The molecule has 2 heterocycles. The number of carbonyl (C=O) groups is 1. The molecule has 3 aromatic carbocycles. The van der Waals surface area contributed by atoms with Crippen LogP contribution < -0.4 is 0 Å². The van der Waals surface area contributed by atoms with Crippen LogP contribution in [0, 0.1) is 20.2 Å². The van der Waals surface area contributed by atoms with E-state index in [1.807, 2.05) is 6.07 Å². The van der Waals surface area contributed by atoms with Crippen molar-refractivity contribution in [1.29, 1.82) is 0 Å². The fourth-order valence-electron chi connectivity index (χ4n) is 4.03. The predicted molar refractivity (Wildman–Crippen MR) is 128 cm³/mol. The van der Waals surface area contributed by atoms with Gasteiger partial charge in [0.15, 0.2) is 5.78 Å². The van der Waals surface area contributed by atoms with E-state index in [-0.39, 0.29) is 23.1 Å². The normalized spacial score (nSPS) is 11.2. The maximum Gasteiger partial charge on any atom is 0.286 e. The van der Waals surface area contributed by atoms with E-state index < -0.39 is 21.2 Å². The lowest BCUT2D eigenvalue weighted by molar-refractivity contribution is -0.393. The number of nitro groups is 2. The molecule has 5 rings (SSSR count). The highest BCUT2D eigenvalue weighted by atomic mass is 79.9. The molecule has 5 aromatic rings. The Morgan fingerprint density at radius 2 is 1.68 bits per heavy atom. The fourth-order valence-corrected chi connectivity index (χ4v) is 4.29. The number of nitro benzene ring substituents is 2. The van der Waals surface area contributed by atoms with Crippen molar-refractivity contribution in [1.82, 2.24) is 14.2 Å². The zero-order chi connectivity index (χ0) is 24.0. The second-order valence-corrected chi connectivity index (χ2v) is 8.46. The summed E-state index contributed by atoms with van der Waals surface area (Å²) >= 11 is 3.34. The van der Waals surface area contributed by atoms with Gasteiger partial charge in [-0.05, 0) is 12.1 Å². The summed E-state index contributed by atoms with van der Waals surface area (Å²) < 4.78 is 3.87. The summed E-state index contributed by atoms with van der Waals surface area (Å²) in [6.07, 6.45) is 1.45. The molecule has 0 aliphatic rings. The number of halogens is 1. The summed E-state index contributed by atoms with van der Waals surface area (Å²) in [5.41, 5.74) is 1.07. The van der Waals surface area contributed by atoms with Gasteiger partial charge >= 0.3 is 0 Å². The van der Waals surface area contributed by atoms with Gasteiger partial charge in [-0.2, -0.15) is 5.10 Å². The molecule has 2 aromatic heterocycles. The van der Waals surface area contributed by atoms with Gasteiger partial charge in [0.1, 0.15) is 12.0 Å². The van der Waals surface area contributed by atoms with Crippen LogP contribution in [0.25, 0.3) is 27.7 Å². The first-order chi connectivity index (χ1) is 16.3. The Morgan fingerprint density at radius 3 is 2.32 bits per heavy atom. The summed E-state index contributed by atoms with van der Waals surface area (Å²) in [4.78, 5) is 35.1. The molecular formula is C23H14BrN5O5. The number of fused-ring (bicyclic) bond motifs is 3. The maximum absolute atomic E-state index is 12.9. The quantitative estimate of drug-likeness (QED) is 0.167. The predicted octanol–water partition coefficient (Wildman–Crippen LogP) is 5.42. The number of Topliss-reactive ketones (excluding diaryl/α,β-unsaturated/α-hetero) is 1. The van der Waals surface area contributed by atoms with E-state index in [0.717, 1.165) is 10.5 Å². The Bertz CT molecular complexity index is 1610. The van der Waals surface area contributed by atoms with E-state index >= 15 is 0 Å². The number of nitrogens with zero attached hydrogens (tertiary/aromatic N) is 5. The molecule has 0 radical (unpaired) electrons. The average molecular weight is 520 g/mol. The molecule has 0 aliphatic heterocycles. The third-order valence-corrected chi connectivity index (χ3v) is 6.03. The van der Waals surface area contributed by atoms with Crippen molar-refractivity contribution >= 4 is 49.5 Å². The van der Waals surface area contributed by atoms with E-state index in [4.69, 9.17) is 0 Å². The molecule has 0 fully saturated rings. The highest BCUT2D eigenvalue weighted by Gasteiger charge is 2.29. The van der Waals surface area contributed by atoms with E-state index in [1.165, 1.54) is 16.9 Å². The molecule has 0 atom stereocenters. The number of hydrogen-bond donors (Lipinski definition) is 0. The van der Waals surface area contributed by atoms with Crippen LogP contribution in [0.2, 0.25) is 0 Å². The fraction of sp³-hybridized carbons (Fsp3) is 0.0435. The lowest BCUT2D eigenvalue weighted by atomic mass is 10.0. The standard InChI is InChI=1S/C23H14BrN5O5/c24-16-8-6-14(7-9-16)20(30)12-26-13-25-27-22(15-4-2-1-3-5-15)21-18(23(26)27)10-17(28(31)32)11-19(21)29(33)34/h1-11,13H,12H2. The second-order valence-electron chi connectivity index (χ2n) is 7.54. The Hall–Kier alpha value is -4.38. The third kappa shape index (κ3) is 3.52. The number of ketones is 1. The molecule has 34 heavy (non-hydrogen) atoms. The topological polar surface area (TPSA) is 126 Å². The van der Waals surface area contributed by atoms with E-state index in [9.17, 15) is 25.0 Å². The minimum atomic E-state index is -0.675. The van der Waals surface area contributed by atoms with Crippen molar-refractivity contribution in [2.75, 3.05) is 0 Å².